The molecule has 6 heteroatoms. The van der Waals surface area contributed by atoms with E-state index >= 15 is 0 Å². The highest BCUT2D eigenvalue weighted by Crippen LogP contribution is 2.30. The van der Waals surface area contributed by atoms with Crippen molar-refractivity contribution in [3.8, 4) is 22.5 Å². The summed E-state index contributed by atoms with van der Waals surface area (Å²) in [6, 6.07) is 29.8. The summed E-state index contributed by atoms with van der Waals surface area (Å²) in [6.07, 6.45) is 0. The SMILES string of the molecule is CC(c1ccccc1)N(C)C(=O)CSc1nnc(-c2ccccc2)c(-c2ccccc2)n1. The number of amides is 1. The number of nitrogens with zero attached hydrogens (tertiary/aromatic N) is 4. The van der Waals surface area contributed by atoms with Crippen molar-refractivity contribution >= 4 is 17.7 Å². The monoisotopic (exact) mass is 440 g/mol. The molecule has 4 rings (SSSR count). The Hall–Kier alpha value is -3.51. The van der Waals surface area contributed by atoms with Crippen molar-refractivity contribution < 1.29 is 4.79 Å². The van der Waals surface area contributed by atoms with Crippen molar-refractivity contribution in [2.45, 2.75) is 18.1 Å². The molecule has 5 nitrogen and oxygen atoms in total. The fourth-order valence-corrected chi connectivity index (χ4v) is 4.07. The third kappa shape index (κ3) is 5.03. The number of thioether (sulfide) groups is 1. The van der Waals surface area contributed by atoms with Crippen LogP contribution in [0.1, 0.15) is 18.5 Å². The molecule has 0 aliphatic carbocycles. The lowest BCUT2D eigenvalue weighted by atomic mass is 10.0. The van der Waals surface area contributed by atoms with E-state index in [9.17, 15) is 4.79 Å². The zero-order chi connectivity index (χ0) is 22.3. The first kappa shape index (κ1) is 21.7. The summed E-state index contributed by atoms with van der Waals surface area (Å²) in [4.78, 5) is 19.3. The molecule has 0 fully saturated rings. The van der Waals surface area contributed by atoms with Crippen LogP contribution in [0.15, 0.2) is 96.2 Å². The summed E-state index contributed by atoms with van der Waals surface area (Å²) in [6.45, 7) is 2.03. The van der Waals surface area contributed by atoms with E-state index in [1.807, 2.05) is 105 Å². The first-order valence-electron chi connectivity index (χ1n) is 10.4. The molecule has 0 N–H and O–H groups in total. The minimum atomic E-state index is -0.0105. The van der Waals surface area contributed by atoms with Crippen molar-refractivity contribution in [2.75, 3.05) is 12.8 Å². The quantitative estimate of drug-likeness (QED) is 0.354. The highest BCUT2D eigenvalue weighted by Gasteiger charge is 2.19. The van der Waals surface area contributed by atoms with E-state index in [0.717, 1.165) is 28.1 Å². The van der Waals surface area contributed by atoms with Crippen LogP contribution in [0, 0.1) is 0 Å². The molecule has 1 atom stereocenters. The average Bonchev–Trinajstić information content (AvgIpc) is 2.87. The third-order valence-corrected chi connectivity index (χ3v) is 6.17. The summed E-state index contributed by atoms with van der Waals surface area (Å²) >= 11 is 1.31. The van der Waals surface area contributed by atoms with E-state index in [0.29, 0.717) is 5.16 Å². The van der Waals surface area contributed by atoms with E-state index in [1.165, 1.54) is 11.8 Å². The molecule has 0 aliphatic heterocycles. The Labute approximate surface area is 192 Å². The lowest BCUT2D eigenvalue weighted by molar-refractivity contribution is -0.128. The largest absolute Gasteiger partial charge is 0.338 e. The lowest BCUT2D eigenvalue weighted by Gasteiger charge is -2.25. The van der Waals surface area contributed by atoms with Crippen molar-refractivity contribution in [2.24, 2.45) is 0 Å². The molecule has 4 aromatic rings. The van der Waals surface area contributed by atoms with E-state index in [4.69, 9.17) is 4.98 Å². The molecular weight excluding hydrogens is 416 g/mol. The number of benzene rings is 3. The number of hydrogen-bond acceptors (Lipinski definition) is 5. The Morgan fingerprint density at radius 2 is 1.34 bits per heavy atom. The molecule has 32 heavy (non-hydrogen) atoms. The van der Waals surface area contributed by atoms with Crippen LogP contribution in [0.3, 0.4) is 0 Å². The van der Waals surface area contributed by atoms with Crippen molar-refractivity contribution in [3.63, 3.8) is 0 Å². The van der Waals surface area contributed by atoms with Crippen LogP contribution in [0.4, 0.5) is 0 Å². The topological polar surface area (TPSA) is 59.0 Å². The first-order chi connectivity index (χ1) is 15.6. The van der Waals surface area contributed by atoms with Gasteiger partial charge in [-0.15, -0.1) is 10.2 Å². The molecule has 1 heterocycles. The van der Waals surface area contributed by atoms with Gasteiger partial charge in [0.05, 0.1) is 11.8 Å². The zero-order valence-corrected chi connectivity index (χ0v) is 18.9. The van der Waals surface area contributed by atoms with Crippen LogP contribution >= 0.6 is 11.8 Å². The number of rotatable bonds is 7. The highest BCUT2D eigenvalue weighted by molar-refractivity contribution is 7.99. The fourth-order valence-electron chi connectivity index (χ4n) is 3.36. The van der Waals surface area contributed by atoms with Crippen molar-refractivity contribution in [3.05, 3.63) is 96.6 Å². The standard InChI is InChI=1S/C26H24N4OS/c1-19(20-12-6-3-7-13-20)30(2)23(31)18-32-26-27-24(21-14-8-4-9-15-21)25(28-29-26)22-16-10-5-11-17-22/h3-17,19H,18H2,1-2H3. The normalized spacial score (nSPS) is 11.7. The van der Waals surface area contributed by atoms with Gasteiger partial charge in [-0.1, -0.05) is 103 Å². The molecule has 0 spiro atoms. The fraction of sp³-hybridized carbons (Fsp3) is 0.154. The Balaban J connectivity index is 1.54. The molecule has 0 radical (unpaired) electrons. The number of carbonyl (C=O) groups is 1. The summed E-state index contributed by atoms with van der Waals surface area (Å²) in [5.41, 5.74) is 4.50. The molecule has 0 saturated heterocycles. The van der Waals surface area contributed by atoms with Gasteiger partial charge in [-0.05, 0) is 12.5 Å². The van der Waals surface area contributed by atoms with Crippen LogP contribution in [-0.2, 0) is 4.79 Å². The van der Waals surface area contributed by atoms with E-state index in [1.54, 1.807) is 4.90 Å². The Morgan fingerprint density at radius 3 is 1.94 bits per heavy atom. The van der Waals surface area contributed by atoms with Crippen molar-refractivity contribution in [1.82, 2.24) is 20.1 Å². The summed E-state index contributed by atoms with van der Waals surface area (Å²) < 4.78 is 0. The maximum Gasteiger partial charge on any atom is 0.233 e. The van der Waals surface area contributed by atoms with Gasteiger partial charge in [0.2, 0.25) is 11.1 Å². The second-order valence-electron chi connectivity index (χ2n) is 7.40. The van der Waals surface area contributed by atoms with Gasteiger partial charge >= 0.3 is 0 Å². The van der Waals surface area contributed by atoms with Gasteiger partial charge in [-0.2, -0.15) is 0 Å². The Bertz CT molecular complexity index is 1170. The maximum absolute atomic E-state index is 12.8. The first-order valence-corrected chi connectivity index (χ1v) is 11.4. The number of aromatic nitrogens is 3. The van der Waals surface area contributed by atoms with Crippen LogP contribution in [-0.4, -0.2) is 38.8 Å². The van der Waals surface area contributed by atoms with Crippen LogP contribution in [0.5, 0.6) is 0 Å². The van der Waals surface area contributed by atoms with Gasteiger partial charge < -0.3 is 4.90 Å². The number of hydrogen-bond donors (Lipinski definition) is 0. The molecule has 3 aromatic carbocycles. The molecule has 1 unspecified atom stereocenters. The van der Waals surface area contributed by atoms with Gasteiger partial charge in [0.25, 0.3) is 0 Å². The Kier molecular flexibility index (Phi) is 6.92. The second-order valence-corrected chi connectivity index (χ2v) is 8.35. The minimum Gasteiger partial charge on any atom is -0.338 e. The maximum atomic E-state index is 12.8. The minimum absolute atomic E-state index is 0.0105. The molecule has 1 aromatic heterocycles. The zero-order valence-electron chi connectivity index (χ0n) is 18.1. The molecule has 0 aliphatic rings. The predicted octanol–water partition coefficient (Wildman–Crippen LogP) is 5.52. The third-order valence-electron chi connectivity index (χ3n) is 5.34. The summed E-state index contributed by atoms with van der Waals surface area (Å²) in [5, 5.41) is 9.26. The van der Waals surface area contributed by atoms with E-state index in [2.05, 4.69) is 10.2 Å². The molecular formula is C26H24N4OS. The Morgan fingerprint density at radius 1 is 0.812 bits per heavy atom. The summed E-state index contributed by atoms with van der Waals surface area (Å²) in [5.74, 6) is 0.261. The van der Waals surface area contributed by atoms with E-state index < -0.39 is 0 Å². The molecule has 0 bridgehead atoms. The summed E-state index contributed by atoms with van der Waals surface area (Å²) in [7, 11) is 1.83. The highest BCUT2D eigenvalue weighted by atomic mass is 32.2. The predicted molar refractivity (Wildman–Crippen MR) is 129 cm³/mol. The van der Waals surface area contributed by atoms with Crippen molar-refractivity contribution in [1.29, 1.82) is 0 Å². The van der Waals surface area contributed by atoms with Crippen LogP contribution in [0.2, 0.25) is 0 Å². The molecule has 0 saturated carbocycles. The smallest absolute Gasteiger partial charge is 0.233 e. The van der Waals surface area contributed by atoms with Gasteiger partial charge in [0.15, 0.2) is 0 Å². The van der Waals surface area contributed by atoms with E-state index in [-0.39, 0.29) is 17.7 Å². The molecule has 160 valence electrons. The second kappa shape index (κ2) is 10.2. The molecule has 1 amide bonds. The van der Waals surface area contributed by atoms with Gasteiger partial charge in [0, 0.05) is 18.2 Å². The van der Waals surface area contributed by atoms with Gasteiger partial charge in [0.1, 0.15) is 11.4 Å². The van der Waals surface area contributed by atoms with Gasteiger partial charge in [-0.25, -0.2) is 4.98 Å². The van der Waals surface area contributed by atoms with Crippen LogP contribution < -0.4 is 0 Å². The van der Waals surface area contributed by atoms with Crippen LogP contribution in [0.25, 0.3) is 22.5 Å². The average molecular weight is 441 g/mol. The number of carbonyl (C=O) groups excluding carboxylic acids is 1. The van der Waals surface area contributed by atoms with Gasteiger partial charge in [-0.3, -0.25) is 4.79 Å². The lowest BCUT2D eigenvalue weighted by Crippen LogP contribution is -2.31.